The minimum Gasteiger partial charge on any atom is -0.349 e. The topological polar surface area (TPSA) is 64.0 Å². The average Bonchev–Trinajstić information content (AvgIpc) is 2.34. The van der Waals surface area contributed by atoms with Crippen molar-refractivity contribution in [2.75, 3.05) is 12.0 Å². The van der Waals surface area contributed by atoms with Gasteiger partial charge in [0.2, 0.25) is 0 Å². The fourth-order valence-electron chi connectivity index (χ4n) is 1.78. The van der Waals surface area contributed by atoms with Crippen molar-refractivity contribution in [3.05, 3.63) is 27.2 Å². The quantitative estimate of drug-likeness (QED) is 0.884. The number of carbonyl (C=O) groups is 1. The zero-order chi connectivity index (χ0) is 14.6. The van der Waals surface area contributed by atoms with E-state index in [1.54, 1.807) is 32.7 Å². The second-order valence-electron chi connectivity index (χ2n) is 4.67. The number of hydrogen-bond acceptors (Lipinski definition) is 4. The largest absolute Gasteiger partial charge is 0.349 e. The van der Waals surface area contributed by atoms with Gasteiger partial charge >= 0.3 is 0 Å². The van der Waals surface area contributed by atoms with Crippen LogP contribution in [0.15, 0.2) is 4.79 Å². The molecule has 0 spiro atoms. The molecular weight excluding hydrogens is 262 g/mol. The first-order chi connectivity index (χ1) is 8.88. The molecule has 0 aliphatic carbocycles. The fraction of sp³-hybridized carbons (Fsp3) is 0.615. The van der Waals surface area contributed by atoms with Gasteiger partial charge in [-0.2, -0.15) is 16.9 Å². The van der Waals surface area contributed by atoms with Gasteiger partial charge in [0, 0.05) is 13.1 Å². The van der Waals surface area contributed by atoms with Crippen molar-refractivity contribution in [2.24, 2.45) is 7.05 Å². The summed E-state index contributed by atoms with van der Waals surface area (Å²) in [7, 11) is 1.56. The number of rotatable bonds is 5. The number of aromatic nitrogens is 2. The molecule has 0 radical (unpaired) electrons. The summed E-state index contributed by atoms with van der Waals surface area (Å²) < 4.78 is 1.21. The van der Waals surface area contributed by atoms with Crippen molar-refractivity contribution in [1.82, 2.24) is 15.1 Å². The lowest BCUT2D eigenvalue weighted by molar-refractivity contribution is 0.0936. The van der Waals surface area contributed by atoms with Gasteiger partial charge < -0.3 is 5.32 Å². The van der Waals surface area contributed by atoms with E-state index in [9.17, 15) is 9.59 Å². The summed E-state index contributed by atoms with van der Waals surface area (Å²) in [6, 6.07) is 0.0533. The summed E-state index contributed by atoms with van der Waals surface area (Å²) in [6.45, 7) is 5.50. The Kier molecular flexibility index (Phi) is 5.60. The second kappa shape index (κ2) is 6.75. The maximum atomic E-state index is 12.2. The third-order valence-electron chi connectivity index (χ3n) is 3.09. The van der Waals surface area contributed by atoms with Gasteiger partial charge in [0.1, 0.15) is 5.56 Å². The zero-order valence-electron chi connectivity index (χ0n) is 12.1. The van der Waals surface area contributed by atoms with Gasteiger partial charge in [-0.3, -0.25) is 9.59 Å². The predicted octanol–water partition coefficient (Wildman–Crippen LogP) is 1.27. The van der Waals surface area contributed by atoms with E-state index in [2.05, 4.69) is 10.4 Å². The highest BCUT2D eigenvalue weighted by Gasteiger charge is 2.19. The molecule has 1 rings (SSSR count). The molecule has 1 aromatic rings. The molecule has 1 heterocycles. The molecule has 1 N–H and O–H groups in total. The first kappa shape index (κ1) is 15.8. The Labute approximate surface area is 117 Å². The molecule has 106 valence electrons. The van der Waals surface area contributed by atoms with Crippen LogP contribution in [0.4, 0.5) is 0 Å². The van der Waals surface area contributed by atoms with Crippen LogP contribution in [0.25, 0.3) is 0 Å². The molecule has 1 amide bonds. The average molecular weight is 283 g/mol. The SMILES string of the molecule is CSCC[C@H](C)NC(=O)c1c(C)c(C)nn(C)c1=O. The summed E-state index contributed by atoms with van der Waals surface area (Å²) in [4.78, 5) is 24.2. The Hall–Kier alpha value is -1.30. The highest BCUT2D eigenvalue weighted by atomic mass is 32.2. The molecule has 0 fully saturated rings. The van der Waals surface area contributed by atoms with Crippen molar-refractivity contribution in [2.45, 2.75) is 33.2 Å². The van der Waals surface area contributed by atoms with Gasteiger partial charge in [-0.1, -0.05) is 0 Å². The van der Waals surface area contributed by atoms with E-state index in [4.69, 9.17) is 0 Å². The van der Waals surface area contributed by atoms with Gasteiger partial charge in [0.25, 0.3) is 11.5 Å². The van der Waals surface area contributed by atoms with Gasteiger partial charge in [-0.05, 0) is 44.8 Å². The Morgan fingerprint density at radius 1 is 1.47 bits per heavy atom. The Morgan fingerprint density at radius 2 is 2.11 bits per heavy atom. The summed E-state index contributed by atoms with van der Waals surface area (Å²) in [5.74, 6) is 0.672. The number of nitrogens with zero attached hydrogens (tertiary/aromatic N) is 2. The van der Waals surface area contributed by atoms with Crippen LogP contribution in [0.2, 0.25) is 0 Å². The lowest BCUT2D eigenvalue weighted by Crippen LogP contribution is -2.39. The first-order valence-electron chi connectivity index (χ1n) is 6.22. The van der Waals surface area contributed by atoms with Gasteiger partial charge in [0.15, 0.2) is 0 Å². The number of amides is 1. The second-order valence-corrected chi connectivity index (χ2v) is 5.66. The van der Waals surface area contributed by atoms with Crippen LogP contribution in [-0.2, 0) is 7.05 Å². The zero-order valence-corrected chi connectivity index (χ0v) is 12.9. The molecule has 0 aliphatic rings. The van der Waals surface area contributed by atoms with E-state index in [1.165, 1.54) is 4.68 Å². The highest BCUT2D eigenvalue weighted by Crippen LogP contribution is 2.07. The maximum absolute atomic E-state index is 12.2. The van der Waals surface area contributed by atoms with E-state index in [-0.39, 0.29) is 23.1 Å². The number of carbonyl (C=O) groups excluding carboxylic acids is 1. The molecule has 0 saturated carbocycles. The predicted molar refractivity (Wildman–Crippen MR) is 78.9 cm³/mol. The normalized spacial score (nSPS) is 12.3. The van der Waals surface area contributed by atoms with Crippen LogP contribution in [-0.4, -0.2) is 33.7 Å². The third kappa shape index (κ3) is 3.83. The summed E-state index contributed by atoms with van der Waals surface area (Å²) in [6.07, 6.45) is 2.91. The maximum Gasteiger partial charge on any atom is 0.279 e. The Balaban J connectivity index is 2.97. The number of thioether (sulfide) groups is 1. The van der Waals surface area contributed by atoms with E-state index in [1.807, 2.05) is 13.2 Å². The van der Waals surface area contributed by atoms with E-state index < -0.39 is 0 Å². The minimum absolute atomic E-state index is 0.0533. The van der Waals surface area contributed by atoms with Crippen molar-refractivity contribution in [3.8, 4) is 0 Å². The van der Waals surface area contributed by atoms with Gasteiger partial charge in [-0.25, -0.2) is 4.68 Å². The standard InChI is InChI=1S/C13H21N3O2S/c1-8(6-7-19-5)14-12(17)11-9(2)10(3)15-16(4)13(11)18/h8H,6-7H2,1-5H3,(H,14,17)/t8-/m0/s1. The number of aryl methyl sites for hydroxylation is 2. The molecule has 1 aromatic heterocycles. The monoisotopic (exact) mass is 283 g/mol. The fourth-order valence-corrected chi connectivity index (χ4v) is 2.37. The summed E-state index contributed by atoms with van der Waals surface area (Å²) in [5.41, 5.74) is 1.20. The smallest absolute Gasteiger partial charge is 0.279 e. The number of nitrogens with one attached hydrogen (secondary N) is 1. The molecule has 6 heteroatoms. The highest BCUT2D eigenvalue weighted by molar-refractivity contribution is 7.98. The first-order valence-corrected chi connectivity index (χ1v) is 7.62. The number of hydrogen-bond donors (Lipinski definition) is 1. The Morgan fingerprint density at radius 3 is 2.68 bits per heavy atom. The lowest BCUT2D eigenvalue weighted by Gasteiger charge is -2.15. The van der Waals surface area contributed by atoms with Gasteiger partial charge in [0.05, 0.1) is 5.69 Å². The molecule has 0 aromatic carbocycles. The van der Waals surface area contributed by atoms with Crippen LogP contribution in [0, 0.1) is 13.8 Å². The molecule has 0 aliphatic heterocycles. The summed E-state index contributed by atoms with van der Waals surface area (Å²) >= 11 is 1.74. The van der Waals surface area contributed by atoms with Crippen molar-refractivity contribution in [3.63, 3.8) is 0 Å². The molecule has 1 atom stereocenters. The lowest BCUT2D eigenvalue weighted by atomic mass is 10.1. The van der Waals surface area contributed by atoms with Crippen LogP contribution in [0.1, 0.15) is 35.0 Å². The molecule has 0 unspecified atom stereocenters. The van der Waals surface area contributed by atoms with E-state index in [0.717, 1.165) is 12.2 Å². The van der Waals surface area contributed by atoms with Gasteiger partial charge in [-0.15, -0.1) is 0 Å². The molecule has 19 heavy (non-hydrogen) atoms. The minimum atomic E-state index is -0.349. The van der Waals surface area contributed by atoms with E-state index in [0.29, 0.717) is 11.3 Å². The molecular formula is C13H21N3O2S. The van der Waals surface area contributed by atoms with Crippen LogP contribution in [0.3, 0.4) is 0 Å². The Bertz CT molecular complexity index is 525. The summed E-state index contributed by atoms with van der Waals surface area (Å²) in [5, 5.41) is 6.94. The van der Waals surface area contributed by atoms with Crippen LogP contribution in [0.5, 0.6) is 0 Å². The van der Waals surface area contributed by atoms with Crippen molar-refractivity contribution >= 4 is 17.7 Å². The van der Waals surface area contributed by atoms with Crippen LogP contribution >= 0.6 is 11.8 Å². The third-order valence-corrected chi connectivity index (χ3v) is 3.73. The molecule has 5 nitrogen and oxygen atoms in total. The van der Waals surface area contributed by atoms with Crippen molar-refractivity contribution in [1.29, 1.82) is 0 Å². The van der Waals surface area contributed by atoms with Crippen molar-refractivity contribution < 1.29 is 4.79 Å². The molecule has 0 saturated heterocycles. The van der Waals surface area contributed by atoms with E-state index >= 15 is 0 Å². The van der Waals surface area contributed by atoms with Crippen LogP contribution < -0.4 is 10.9 Å². The molecule has 0 bridgehead atoms.